The summed E-state index contributed by atoms with van der Waals surface area (Å²) in [5, 5.41) is 10.8. The standard InChI is InChI=1S/C21H27N7/c1-14-13-19(25-21(22-14)17-7-5-4-6-8-17)28-11-9-18(10-12-28)23-15(2)20-24-16(3)26-27-20/h4-8,13,15,18,23H,9-12H2,1-3H3,(H,24,26,27)/t15-/m1/s1. The smallest absolute Gasteiger partial charge is 0.167 e. The van der Waals surface area contributed by atoms with E-state index in [2.05, 4.69) is 55.5 Å². The fourth-order valence-electron chi connectivity index (χ4n) is 3.69. The second-order valence-electron chi connectivity index (χ2n) is 7.49. The van der Waals surface area contributed by atoms with Crippen molar-refractivity contribution in [3.8, 4) is 11.4 Å². The highest BCUT2D eigenvalue weighted by atomic mass is 15.2. The highest BCUT2D eigenvalue weighted by molar-refractivity contribution is 5.57. The fraction of sp³-hybridized carbons (Fsp3) is 0.429. The van der Waals surface area contributed by atoms with Gasteiger partial charge >= 0.3 is 0 Å². The van der Waals surface area contributed by atoms with Gasteiger partial charge in [0.1, 0.15) is 11.6 Å². The number of rotatable bonds is 5. The molecule has 4 rings (SSSR count). The largest absolute Gasteiger partial charge is 0.356 e. The third-order valence-electron chi connectivity index (χ3n) is 5.18. The molecule has 1 fully saturated rings. The summed E-state index contributed by atoms with van der Waals surface area (Å²) in [6.45, 7) is 8.03. The van der Waals surface area contributed by atoms with Gasteiger partial charge in [-0.15, -0.1) is 0 Å². The number of hydrogen-bond acceptors (Lipinski definition) is 6. The van der Waals surface area contributed by atoms with Crippen molar-refractivity contribution in [2.75, 3.05) is 18.0 Å². The van der Waals surface area contributed by atoms with Gasteiger partial charge in [-0.2, -0.15) is 5.10 Å². The van der Waals surface area contributed by atoms with E-state index in [9.17, 15) is 0 Å². The lowest BCUT2D eigenvalue weighted by Gasteiger charge is -2.34. The minimum Gasteiger partial charge on any atom is -0.356 e. The molecule has 1 aliphatic heterocycles. The number of hydrogen-bond donors (Lipinski definition) is 2. The molecule has 2 aromatic heterocycles. The first-order valence-corrected chi connectivity index (χ1v) is 9.89. The Kier molecular flexibility index (Phi) is 5.34. The van der Waals surface area contributed by atoms with Gasteiger partial charge < -0.3 is 10.2 Å². The molecule has 3 aromatic rings. The molecule has 0 amide bonds. The van der Waals surface area contributed by atoms with Crippen molar-refractivity contribution in [3.05, 3.63) is 53.7 Å². The van der Waals surface area contributed by atoms with Crippen LogP contribution < -0.4 is 10.2 Å². The lowest BCUT2D eigenvalue weighted by molar-refractivity contribution is 0.373. The molecule has 146 valence electrons. The molecule has 0 bridgehead atoms. The summed E-state index contributed by atoms with van der Waals surface area (Å²) in [4.78, 5) is 16.2. The van der Waals surface area contributed by atoms with Crippen LogP contribution in [-0.2, 0) is 0 Å². The van der Waals surface area contributed by atoms with Crippen molar-refractivity contribution in [1.29, 1.82) is 0 Å². The molecule has 7 heteroatoms. The van der Waals surface area contributed by atoms with Crippen LogP contribution in [0.5, 0.6) is 0 Å². The molecule has 0 spiro atoms. The molecule has 7 nitrogen and oxygen atoms in total. The summed E-state index contributed by atoms with van der Waals surface area (Å²) in [6.07, 6.45) is 2.13. The van der Waals surface area contributed by atoms with E-state index in [-0.39, 0.29) is 6.04 Å². The lowest BCUT2D eigenvalue weighted by atomic mass is 10.0. The van der Waals surface area contributed by atoms with E-state index in [0.717, 1.165) is 60.5 Å². The summed E-state index contributed by atoms with van der Waals surface area (Å²) >= 11 is 0. The maximum atomic E-state index is 4.83. The zero-order valence-corrected chi connectivity index (χ0v) is 16.7. The average molecular weight is 377 g/mol. The predicted octanol–water partition coefficient (Wildman–Crippen LogP) is 3.20. The van der Waals surface area contributed by atoms with Crippen LogP contribution in [0.25, 0.3) is 11.4 Å². The molecule has 1 aliphatic rings. The molecule has 1 saturated heterocycles. The summed E-state index contributed by atoms with van der Waals surface area (Å²) in [6, 6.07) is 12.9. The maximum absolute atomic E-state index is 4.83. The number of anilines is 1. The highest BCUT2D eigenvalue weighted by Gasteiger charge is 2.23. The Balaban J connectivity index is 1.40. The Morgan fingerprint density at radius 2 is 1.82 bits per heavy atom. The Labute approximate surface area is 165 Å². The van der Waals surface area contributed by atoms with Crippen LogP contribution in [0, 0.1) is 13.8 Å². The number of aryl methyl sites for hydroxylation is 2. The first-order valence-electron chi connectivity index (χ1n) is 9.89. The van der Waals surface area contributed by atoms with E-state index >= 15 is 0 Å². The first-order chi connectivity index (χ1) is 13.6. The molecule has 1 atom stereocenters. The van der Waals surface area contributed by atoms with Gasteiger partial charge in [0.15, 0.2) is 11.6 Å². The lowest BCUT2D eigenvalue weighted by Crippen LogP contribution is -2.43. The number of benzene rings is 1. The van der Waals surface area contributed by atoms with Crippen LogP contribution in [0.4, 0.5) is 5.82 Å². The molecular weight excluding hydrogens is 350 g/mol. The fourth-order valence-corrected chi connectivity index (χ4v) is 3.69. The second kappa shape index (κ2) is 8.06. The number of aromatic amines is 1. The van der Waals surface area contributed by atoms with Crippen LogP contribution >= 0.6 is 0 Å². The van der Waals surface area contributed by atoms with Crippen molar-refractivity contribution >= 4 is 5.82 Å². The number of nitrogens with zero attached hydrogens (tertiary/aromatic N) is 5. The summed E-state index contributed by atoms with van der Waals surface area (Å²) < 4.78 is 0. The molecule has 2 N–H and O–H groups in total. The summed E-state index contributed by atoms with van der Waals surface area (Å²) in [5.41, 5.74) is 2.05. The SMILES string of the molecule is Cc1cc(N2CCC(N[C@H](C)c3n[nH]c(C)n3)CC2)nc(-c2ccccc2)n1. The van der Waals surface area contributed by atoms with Gasteiger partial charge in [-0.1, -0.05) is 30.3 Å². The number of piperidine rings is 1. The van der Waals surface area contributed by atoms with E-state index in [1.165, 1.54) is 0 Å². The first kappa shape index (κ1) is 18.6. The van der Waals surface area contributed by atoms with E-state index in [0.29, 0.717) is 6.04 Å². The number of nitrogens with one attached hydrogen (secondary N) is 2. The third-order valence-corrected chi connectivity index (χ3v) is 5.18. The maximum Gasteiger partial charge on any atom is 0.167 e. The molecule has 3 heterocycles. The second-order valence-corrected chi connectivity index (χ2v) is 7.49. The third kappa shape index (κ3) is 4.20. The van der Waals surface area contributed by atoms with Gasteiger partial charge in [0.2, 0.25) is 0 Å². The minimum absolute atomic E-state index is 0.146. The van der Waals surface area contributed by atoms with E-state index < -0.39 is 0 Å². The number of H-pyrrole nitrogens is 1. The molecular formula is C21H27N7. The summed E-state index contributed by atoms with van der Waals surface area (Å²) in [5.74, 6) is 3.50. The minimum atomic E-state index is 0.146. The Hall–Kier alpha value is -2.80. The van der Waals surface area contributed by atoms with Gasteiger partial charge in [-0.25, -0.2) is 15.0 Å². The Bertz CT molecular complexity index is 914. The predicted molar refractivity (Wildman–Crippen MR) is 110 cm³/mol. The van der Waals surface area contributed by atoms with Crippen LogP contribution in [0.3, 0.4) is 0 Å². The molecule has 0 saturated carbocycles. The van der Waals surface area contributed by atoms with Crippen molar-refractivity contribution in [2.45, 2.75) is 45.7 Å². The van der Waals surface area contributed by atoms with Crippen molar-refractivity contribution < 1.29 is 0 Å². The molecule has 0 unspecified atom stereocenters. The topological polar surface area (TPSA) is 82.6 Å². The van der Waals surface area contributed by atoms with E-state index in [4.69, 9.17) is 4.98 Å². The van der Waals surface area contributed by atoms with Crippen LogP contribution in [-0.4, -0.2) is 44.3 Å². The Morgan fingerprint density at radius 3 is 2.50 bits per heavy atom. The van der Waals surface area contributed by atoms with Gasteiger partial charge in [0.05, 0.1) is 6.04 Å². The zero-order chi connectivity index (χ0) is 19.5. The molecule has 0 radical (unpaired) electrons. The van der Waals surface area contributed by atoms with Crippen LogP contribution in [0.2, 0.25) is 0 Å². The summed E-state index contributed by atoms with van der Waals surface area (Å²) in [7, 11) is 0. The zero-order valence-electron chi connectivity index (χ0n) is 16.7. The van der Waals surface area contributed by atoms with Gasteiger partial charge in [0, 0.05) is 36.5 Å². The average Bonchev–Trinajstić information content (AvgIpc) is 3.15. The highest BCUT2D eigenvalue weighted by Crippen LogP contribution is 2.23. The quantitative estimate of drug-likeness (QED) is 0.710. The van der Waals surface area contributed by atoms with Crippen LogP contribution in [0.15, 0.2) is 36.4 Å². The number of aromatic nitrogens is 5. The molecule has 1 aromatic carbocycles. The van der Waals surface area contributed by atoms with Gasteiger partial charge in [-0.05, 0) is 33.6 Å². The van der Waals surface area contributed by atoms with Gasteiger partial charge in [-0.3, -0.25) is 5.10 Å². The molecule has 0 aliphatic carbocycles. The Morgan fingerprint density at radius 1 is 1.07 bits per heavy atom. The van der Waals surface area contributed by atoms with Crippen molar-refractivity contribution in [1.82, 2.24) is 30.5 Å². The van der Waals surface area contributed by atoms with E-state index in [1.807, 2.05) is 32.0 Å². The van der Waals surface area contributed by atoms with Crippen LogP contribution in [0.1, 0.15) is 43.1 Å². The monoisotopic (exact) mass is 377 g/mol. The van der Waals surface area contributed by atoms with Gasteiger partial charge in [0.25, 0.3) is 0 Å². The van der Waals surface area contributed by atoms with Crippen molar-refractivity contribution in [3.63, 3.8) is 0 Å². The normalized spacial score (nSPS) is 16.3. The van der Waals surface area contributed by atoms with Crippen molar-refractivity contribution in [2.24, 2.45) is 0 Å². The molecule has 28 heavy (non-hydrogen) atoms. The van der Waals surface area contributed by atoms with E-state index in [1.54, 1.807) is 0 Å².